The molecule has 0 aliphatic carbocycles. The summed E-state index contributed by atoms with van der Waals surface area (Å²) in [4.78, 5) is 29.9. The minimum atomic E-state index is -0.243. The second-order valence-electron chi connectivity index (χ2n) is 14.0. The van der Waals surface area contributed by atoms with E-state index in [9.17, 15) is 9.59 Å². The number of ether oxygens (including phenoxy) is 2. The smallest absolute Gasteiger partial charge is 0.305 e. The van der Waals surface area contributed by atoms with Crippen LogP contribution in [0.3, 0.4) is 0 Å². The molecule has 0 bridgehead atoms. The molecule has 296 valence electrons. The SMILES string of the molecule is CCCCCCCCC=CCCCCCCCC(=O)OCCN(CCOC(=O)CCCCCCCC=CCCCCCCCC)C(=N)N=C(N)N. The molecule has 0 aromatic heterocycles. The number of nitrogens with one attached hydrogen (secondary N) is 1. The van der Waals surface area contributed by atoms with Crippen LogP contribution in [0.5, 0.6) is 0 Å². The predicted molar refractivity (Wildman–Crippen MR) is 216 cm³/mol. The summed E-state index contributed by atoms with van der Waals surface area (Å²) >= 11 is 0. The molecule has 0 saturated carbocycles. The third-order valence-electron chi connectivity index (χ3n) is 9.07. The molecule has 0 atom stereocenters. The van der Waals surface area contributed by atoms with Gasteiger partial charge in [-0.15, -0.1) is 0 Å². The maximum absolute atomic E-state index is 12.2. The Kier molecular flexibility index (Phi) is 36.3. The molecule has 9 nitrogen and oxygen atoms in total. The second-order valence-corrected chi connectivity index (χ2v) is 14.0. The molecular formula is C42H79N5O4. The van der Waals surface area contributed by atoms with Gasteiger partial charge in [0.2, 0.25) is 5.96 Å². The molecule has 0 aliphatic heterocycles. The summed E-state index contributed by atoms with van der Waals surface area (Å²) in [6, 6.07) is 0. The van der Waals surface area contributed by atoms with E-state index < -0.39 is 0 Å². The Labute approximate surface area is 313 Å². The zero-order chi connectivity index (χ0) is 37.5. The Hall–Kier alpha value is -2.84. The Bertz CT molecular complexity index is 859. The standard InChI is InChI=1S/C42H79N5O4/c1-3-5-7-9-11-13-15-17-19-21-23-25-27-29-31-33-39(48)50-37-35-47(42(45)46-41(43)44)36-38-51-40(49)34-32-30-28-26-24-22-20-18-16-14-12-10-8-6-4-2/h17-20H,3-16,21-38H2,1-2H3,(H5,43,44,45,46). The fourth-order valence-corrected chi connectivity index (χ4v) is 5.88. The summed E-state index contributed by atoms with van der Waals surface area (Å²) in [7, 11) is 0. The maximum Gasteiger partial charge on any atom is 0.305 e. The highest BCUT2D eigenvalue weighted by atomic mass is 16.5. The van der Waals surface area contributed by atoms with E-state index in [2.05, 4.69) is 43.1 Å². The van der Waals surface area contributed by atoms with Crippen molar-refractivity contribution in [1.82, 2.24) is 4.90 Å². The number of hydrogen-bond donors (Lipinski definition) is 3. The van der Waals surface area contributed by atoms with Gasteiger partial charge in [-0.1, -0.05) is 141 Å². The minimum absolute atomic E-state index is 0.106. The molecule has 0 rings (SSSR count). The fourth-order valence-electron chi connectivity index (χ4n) is 5.88. The Balaban J connectivity index is 3.94. The summed E-state index contributed by atoms with van der Waals surface area (Å²) in [6.07, 6.45) is 41.6. The molecule has 9 heteroatoms. The maximum atomic E-state index is 12.2. The first-order valence-corrected chi connectivity index (χ1v) is 20.9. The summed E-state index contributed by atoms with van der Waals surface area (Å²) in [5, 5.41) is 8.19. The molecular weight excluding hydrogens is 638 g/mol. The minimum Gasteiger partial charge on any atom is -0.464 e. The van der Waals surface area contributed by atoms with E-state index in [4.69, 9.17) is 26.4 Å². The highest BCUT2D eigenvalue weighted by Crippen LogP contribution is 2.12. The van der Waals surface area contributed by atoms with Crippen LogP contribution in [0.15, 0.2) is 29.3 Å². The lowest BCUT2D eigenvalue weighted by Crippen LogP contribution is -2.38. The Morgan fingerprint density at radius 1 is 0.529 bits per heavy atom. The van der Waals surface area contributed by atoms with E-state index in [1.54, 1.807) is 4.90 Å². The summed E-state index contributed by atoms with van der Waals surface area (Å²) in [5.74, 6) is -0.872. The number of aliphatic imine (C=N–C) groups is 1. The van der Waals surface area contributed by atoms with Gasteiger partial charge in [-0.3, -0.25) is 15.0 Å². The van der Waals surface area contributed by atoms with Gasteiger partial charge in [0.15, 0.2) is 5.96 Å². The molecule has 0 aliphatic rings. The van der Waals surface area contributed by atoms with Gasteiger partial charge in [-0.05, 0) is 64.2 Å². The Morgan fingerprint density at radius 2 is 0.843 bits per heavy atom. The van der Waals surface area contributed by atoms with Crippen LogP contribution in [0.1, 0.15) is 194 Å². The van der Waals surface area contributed by atoms with Crippen LogP contribution in [-0.2, 0) is 19.1 Å². The van der Waals surface area contributed by atoms with Crippen molar-refractivity contribution in [3.8, 4) is 0 Å². The number of rotatable bonds is 36. The molecule has 0 radical (unpaired) electrons. The highest BCUT2D eigenvalue weighted by Gasteiger charge is 2.13. The van der Waals surface area contributed by atoms with Crippen LogP contribution in [0.4, 0.5) is 0 Å². The number of carbonyl (C=O) groups is 2. The molecule has 0 unspecified atom stereocenters. The first-order chi connectivity index (χ1) is 24.9. The zero-order valence-corrected chi connectivity index (χ0v) is 33.1. The van der Waals surface area contributed by atoms with Crippen molar-refractivity contribution in [2.24, 2.45) is 16.5 Å². The predicted octanol–water partition coefficient (Wildman–Crippen LogP) is 10.7. The molecule has 51 heavy (non-hydrogen) atoms. The molecule has 0 fully saturated rings. The van der Waals surface area contributed by atoms with Gasteiger partial charge in [0.05, 0.1) is 13.1 Å². The second kappa shape index (κ2) is 38.4. The molecule has 0 heterocycles. The van der Waals surface area contributed by atoms with Gasteiger partial charge in [0.1, 0.15) is 13.2 Å². The number of carbonyl (C=O) groups excluding carboxylic acids is 2. The first-order valence-electron chi connectivity index (χ1n) is 20.9. The van der Waals surface area contributed by atoms with Crippen molar-refractivity contribution >= 4 is 23.9 Å². The summed E-state index contributed by atoms with van der Waals surface area (Å²) < 4.78 is 10.8. The van der Waals surface area contributed by atoms with Gasteiger partial charge in [0, 0.05) is 12.8 Å². The summed E-state index contributed by atoms with van der Waals surface area (Å²) in [5.41, 5.74) is 10.9. The average Bonchev–Trinajstić information content (AvgIpc) is 3.10. The number of unbranched alkanes of at least 4 members (excludes halogenated alkanes) is 22. The quantitative estimate of drug-likeness (QED) is 0.0192. The number of hydrogen-bond acceptors (Lipinski definition) is 5. The average molecular weight is 718 g/mol. The number of nitrogens with two attached hydrogens (primary N) is 2. The largest absolute Gasteiger partial charge is 0.464 e. The van der Waals surface area contributed by atoms with E-state index in [0.717, 1.165) is 51.4 Å². The van der Waals surface area contributed by atoms with E-state index in [1.807, 2.05) is 0 Å². The molecule has 5 N–H and O–H groups in total. The van der Waals surface area contributed by atoms with Crippen molar-refractivity contribution in [3.63, 3.8) is 0 Å². The third-order valence-corrected chi connectivity index (χ3v) is 9.07. The molecule has 0 aromatic rings. The monoisotopic (exact) mass is 718 g/mol. The normalized spacial score (nSPS) is 11.3. The van der Waals surface area contributed by atoms with E-state index >= 15 is 0 Å². The summed E-state index contributed by atoms with van der Waals surface area (Å²) in [6.45, 7) is 5.20. The zero-order valence-electron chi connectivity index (χ0n) is 33.1. The lowest BCUT2D eigenvalue weighted by molar-refractivity contribution is -0.144. The van der Waals surface area contributed by atoms with Gasteiger partial charge < -0.3 is 25.8 Å². The van der Waals surface area contributed by atoms with Crippen LogP contribution in [-0.4, -0.2) is 55.1 Å². The van der Waals surface area contributed by atoms with Crippen molar-refractivity contribution in [2.75, 3.05) is 26.3 Å². The van der Waals surface area contributed by atoms with E-state index in [-0.39, 0.29) is 50.2 Å². The number of esters is 2. The molecule has 0 amide bonds. The van der Waals surface area contributed by atoms with Crippen molar-refractivity contribution in [3.05, 3.63) is 24.3 Å². The lowest BCUT2D eigenvalue weighted by atomic mass is 10.1. The van der Waals surface area contributed by atoms with Crippen LogP contribution in [0.25, 0.3) is 0 Å². The van der Waals surface area contributed by atoms with Crippen molar-refractivity contribution in [2.45, 2.75) is 194 Å². The number of allylic oxidation sites excluding steroid dienone is 4. The topological polar surface area (TPSA) is 144 Å². The van der Waals surface area contributed by atoms with E-state index in [1.165, 1.54) is 116 Å². The molecule has 0 aromatic carbocycles. The number of nitrogens with zero attached hydrogens (tertiary/aromatic N) is 2. The van der Waals surface area contributed by atoms with Crippen LogP contribution >= 0.6 is 0 Å². The lowest BCUT2D eigenvalue weighted by Gasteiger charge is -2.22. The van der Waals surface area contributed by atoms with Gasteiger partial charge >= 0.3 is 11.9 Å². The van der Waals surface area contributed by atoms with Gasteiger partial charge in [0.25, 0.3) is 0 Å². The van der Waals surface area contributed by atoms with Crippen LogP contribution in [0.2, 0.25) is 0 Å². The van der Waals surface area contributed by atoms with Crippen molar-refractivity contribution in [1.29, 1.82) is 5.41 Å². The highest BCUT2D eigenvalue weighted by molar-refractivity contribution is 5.91. The van der Waals surface area contributed by atoms with Crippen LogP contribution in [0, 0.1) is 5.41 Å². The van der Waals surface area contributed by atoms with Gasteiger partial charge in [-0.2, -0.15) is 4.99 Å². The number of guanidine groups is 2. The first kappa shape index (κ1) is 48.2. The molecule has 0 spiro atoms. The van der Waals surface area contributed by atoms with Crippen LogP contribution < -0.4 is 11.5 Å². The van der Waals surface area contributed by atoms with Gasteiger partial charge in [-0.25, -0.2) is 0 Å². The van der Waals surface area contributed by atoms with E-state index in [0.29, 0.717) is 12.8 Å². The van der Waals surface area contributed by atoms with Crippen molar-refractivity contribution < 1.29 is 19.1 Å². The third kappa shape index (κ3) is 36.7. The Morgan fingerprint density at radius 3 is 1.18 bits per heavy atom. The molecule has 0 saturated heterocycles. The fraction of sp³-hybridized carbons (Fsp3) is 0.810.